The smallest absolute Gasteiger partial charge is 0.224 e. The lowest BCUT2D eigenvalue weighted by atomic mass is 10.1. The maximum Gasteiger partial charge on any atom is 0.224 e. The van der Waals surface area contributed by atoms with Crippen molar-refractivity contribution in [2.75, 3.05) is 19.8 Å². The number of nitrogens with one attached hydrogen (secondary N) is 1. The zero-order chi connectivity index (χ0) is 13.5. The van der Waals surface area contributed by atoms with Gasteiger partial charge in [0, 0.05) is 19.8 Å². The fourth-order valence-corrected chi connectivity index (χ4v) is 1.98. The predicted octanol–water partition coefficient (Wildman–Crippen LogP) is 2.47. The molecule has 3 heteroatoms. The summed E-state index contributed by atoms with van der Waals surface area (Å²) in [6, 6.07) is 8.01. The van der Waals surface area contributed by atoms with Crippen molar-refractivity contribution in [1.29, 1.82) is 0 Å². The molecule has 1 aliphatic rings. The Bertz CT molecular complexity index is 413. The molecule has 3 nitrogen and oxygen atoms in total. The second-order valence-electron chi connectivity index (χ2n) is 5.33. The highest BCUT2D eigenvalue weighted by molar-refractivity contribution is 5.78. The van der Waals surface area contributed by atoms with Crippen LogP contribution in [0.1, 0.15) is 30.4 Å². The van der Waals surface area contributed by atoms with E-state index >= 15 is 0 Å². The Morgan fingerprint density at radius 1 is 1.37 bits per heavy atom. The van der Waals surface area contributed by atoms with Crippen molar-refractivity contribution in [3.8, 4) is 0 Å². The van der Waals surface area contributed by atoms with Crippen molar-refractivity contribution in [1.82, 2.24) is 5.32 Å². The molecule has 1 N–H and O–H groups in total. The van der Waals surface area contributed by atoms with Gasteiger partial charge in [-0.2, -0.15) is 0 Å². The van der Waals surface area contributed by atoms with Crippen LogP contribution in [-0.2, 0) is 16.0 Å². The maximum atomic E-state index is 11.8. The number of benzene rings is 1. The van der Waals surface area contributed by atoms with Crippen molar-refractivity contribution in [2.45, 2.75) is 32.6 Å². The average Bonchev–Trinajstić information content (AvgIpc) is 3.20. The van der Waals surface area contributed by atoms with Gasteiger partial charge in [0.25, 0.3) is 0 Å². The number of aryl methyl sites for hydroxylation is 1. The van der Waals surface area contributed by atoms with Crippen LogP contribution < -0.4 is 5.32 Å². The van der Waals surface area contributed by atoms with E-state index in [4.69, 9.17) is 4.74 Å². The lowest BCUT2D eigenvalue weighted by Gasteiger charge is -2.07. The summed E-state index contributed by atoms with van der Waals surface area (Å²) in [5.74, 6) is 0.909. The lowest BCUT2D eigenvalue weighted by Crippen LogP contribution is -2.27. The van der Waals surface area contributed by atoms with Crippen LogP contribution in [0.15, 0.2) is 24.3 Å². The summed E-state index contributed by atoms with van der Waals surface area (Å²) in [4.78, 5) is 11.8. The summed E-state index contributed by atoms with van der Waals surface area (Å²) >= 11 is 0. The standard InChI is InChI=1S/C16H23NO2/c1-13-5-2-3-6-15(13)11-16(18)17-9-4-10-19-12-14-7-8-14/h2-3,5-6,14H,4,7-12H2,1H3,(H,17,18). The molecule has 0 saturated heterocycles. The van der Waals surface area contributed by atoms with Crippen LogP contribution in [0.4, 0.5) is 0 Å². The van der Waals surface area contributed by atoms with E-state index in [1.165, 1.54) is 18.4 Å². The van der Waals surface area contributed by atoms with Gasteiger partial charge in [0.2, 0.25) is 5.91 Å². The molecule has 19 heavy (non-hydrogen) atoms. The van der Waals surface area contributed by atoms with Crippen LogP contribution in [-0.4, -0.2) is 25.7 Å². The third kappa shape index (κ3) is 5.43. The summed E-state index contributed by atoms with van der Waals surface area (Å²) < 4.78 is 5.53. The molecule has 1 aromatic rings. The fourth-order valence-electron chi connectivity index (χ4n) is 1.98. The van der Waals surface area contributed by atoms with Crippen LogP contribution in [0.3, 0.4) is 0 Å². The highest BCUT2D eigenvalue weighted by Crippen LogP contribution is 2.28. The number of rotatable bonds is 8. The van der Waals surface area contributed by atoms with Crippen LogP contribution >= 0.6 is 0 Å². The summed E-state index contributed by atoms with van der Waals surface area (Å²) in [5.41, 5.74) is 2.27. The molecular weight excluding hydrogens is 238 g/mol. The Morgan fingerprint density at radius 2 is 2.16 bits per heavy atom. The van der Waals surface area contributed by atoms with E-state index in [-0.39, 0.29) is 5.91 Å². The first kappa shape index (κ1) is 14.1. The number of hydrogen-bond acceptors (Lipinski definition) is 2. The predicted molar refractivity (Wildman–Crippen MR) is 76.1 cm³/mol. The molecule has 1 saturated carbocycles. The first-order valence-corrected chi connectivity index (χ1v) is 7.14. The summed E-state index contributed by atoms with van der Waals surface area (Å²) in [5, 5.41) is 2.94. The van der Waals surface area contributed by atoms with E-state index < -0.39 is 0 Å². The summed E-state index contributed by atoms with van der Waals surface area (Å²) in [7, 11) is 0. The van der Waals surface area contributed by atoms with E-state index in [1.807, 2.05) is 31.2 Å². The molecule has 1 amide bonds. The first-order chi connectivity index (χ1) is 9.25. The van der Waals surface area contributed by atoms with Crippen LogP contribution in [0.25, 0.3) is 0 Å². The molecule has 0 aromatic heterocycles. The number of carbonyl (C=O) groups excluding carboxylic acids is 1. The Hall–Kier alpha value is -1.35. The van der Waals surface area contributed by atoms with Gasteiger partial charge in [-0.1, -0.05) is 24.3 Å². The molecule has 0 unspecified atom stereocenters. The topological polar surface area (TPSA) is 38.3 Å². The molecule has 0 radical (unpaired) electrons. The lowest BCUT2D eigenvalue weighted by molar-refractivity contribution is -0.120. The molecule has 0 spiro atoms. The first-order valence-electron chi connectivity index (χ1n) is 7.14. The largest absolute Gasteiger partial charge is 0.381 e. The van der Waals surface area contributed by atoms with Crippen LogP contribution in [0, 0.1) is 12.8 Å². The van der Waals surface area contributed by atoms with Gasteiger partial charge in [-0.05, 0) is 43.2 Å². The van der Waals surface area contributed by atoms with E-state index in [0.29, 0.717) is 13.0 Å². The van der Waals surface area contributed by atoms with Crippen molar-refractivity contribution in [3.05, 3.63) is 35.4 Å². The molecule has 0 atom stereocenters. The Balaban J connectivity index is 1.55. The van der Waals surface area contributed by atoms with Gasteiger partial charge in [-0.15, -0.1) is 0 Å². The maximum absolute atomic E-state index is 11.8. The highest BCUT2D eigenvalue weighted by atomic mass is 16.5. The SMILES string of the molecule is Cc1ccccc1CC(=O)NCCCOCC1CC1. The van der Waals surface area contributed by atoms with Gasteiger partial charge in [0.1, 0.15) is 0 Å². The van der Waals surface area contributed by atoms with Crippen LogP contribution in [0.2, 0.25) is 0 Å². The van der Waals surface area contributed by atoms with Gasteiger partial charge >= 0.3 is 0 Å². The van der Waals surface area contributed by atoms with Gasteiger partial charge in [0.15, 0.2) is 0 Å². The number of hydrogen-bond donors (Lipinski definition) is 1. The molecule has 104 valence electrons. The highest BCUT2D eigenvalue weighted by Gasteiger charge is 2.20. The van der Waals surface area contributed by atoms with Gasteiger partial charge in [0.05, 0.1) is 6.42 Å². The summed E-state index contributed by atoms with van der Waals surface area (Å²) in [6.07, 6.45) is 4.02. The molecule has 1 aromatic carbocycles. The quantitative estimate of drug-likeness (QED) is 0.730. The number of carbonyl (C=O) groups is 1. The summed E-state index contributed by atoms with van der Waals surface area (Å²) in [6.45, 7) is 4.39. The molecule has 2 rings (SSSR count). The fraction of sp³-hybridized carbons (Fsp3) is 0.562. The zero-order valence-corrected chi connectivity index (χ0v) is 11.7. The van der Waals surface area contributed by atoms with Gasteiger partial charge in [-0.25, -0.2) is 0 Å². The molecule has 0 aliphatic heterocycles. The average molecular weight is 261 g/mol. The van der Waals surface area contributed by atoms with Gasteiger partial charge < -0.3 is 10.1 Å². The number of ether oxygens (including phenoxy) is 1. The Morgan fingerprint density at radius 3 is 2.89 bits per heavy atom. The van der Waals surface area contributed by atoms with E-state index in [0.717, 1.165) is 31.1 Å². The van der Waals surface area contributed by atoms with Crippen molar-refractivity contribution in [2.24, 2.45) is 5.92 Å². The number of amides is 1. The van der Waals surface area contributed by atoms with Gasteiger partial charge in [-0.3, -0.25) is 4.79 Å². The molecule has 0 heterocycles. The van der Waals surface area contributed by atoms with E-state index in [1.54, 1.807) is 0 Å². The third-order valence-electron chi connectivity index (χ3n) is 3.45. The molecular formula is C16H23NO2. The zero-order valence-electron chi connectivity index (χ0n) is 11.7. The monoisotopic (exact) mass is 261 g/mol. The third-order valence-corrected chi connectivity index (χ3v) is 3.45. The van der Waals surface area contributed by atoms with Crippen molar-refractivity contribution < 1.29 is 9.53 Å². The van der Waals surface area contributed by atoms with E-state index in [2.05, 4.69) is 5.32 Å². The van der Waals surface area contributed by atoms with Crippen molar-refractivity contribution >= 4 is 5.91 Å². The molecule has 0 bridgehead atoms. The minimum absolute atomic E-state index is 0.0940. The second kappa shape index (κ2) is 7.29. The molecule has 1 fully saturated rings. The van der Waals surface area contributed by atoms with Crippen LogP contribution in [0.5, 0.6) is 0 Å². The van der Waals surface area contributed by atoms with E-state index in [9.17, 15) is 4.79 Å². The Labute approximate surface area is 115 Å². The Kier molecular flexibility index (Phi) is 5.40. The minimum Gasteiger partial charge on any atom is -0.381 e. The minimum atomic E-state index is 0.0940. The van der Waals surface area contributed by atoms with Crippen molar-refractivity contribution in [3.63, 3.8) is 0 Å². The second-order valence-corrected chi connectivity index (χ2v) is 5.33. The normalized spacial score (nSPS) is 14.4. The molecule has 1 aliphatic carbocycles.